The van der Waals surface area contributed by atoms with Crippen LogP contribution in [0.4, 0.5) is 0 Å². The van der Waals surface area contributed by atoms with Gasteiger partial charge < -0.3 is 0 Å². The predicted octanol–water partition coefficient (Wildman–Crippen LogP) is 4.64. The zero-order chi connectivity index (χ0) is 11.0. The van der Waals surface area contributed by atoms with Crippen molar-refractivity contribution in [3.63, 3.8) is 0 Å². The van der Waals surface area contributed by atoms with Gasteiger partial charge in [0.15, 0.2) is 0 Å². The van der Waals surface area contributed by atoms with Gasteiger partial charge in [-0.25, -0.2) is 0 Å². The highest BCUT2D eigenvalue weighted by atomic mass is 14.2. The van der Waals surface area contributed by atoms with Gasteiger partial charge >= 0.3 is 0 Å². The molecular weight excluding hydrogens is 168 g/mol. The largest absolute Gasteiger partial charge is 0.103 e. The van der Waals surface area contributed by atoms with Gasteiger partial charge in [-0.15, -0.1) is 5.92 Å². The van der Waals surface area contributed by atoms with Gasteiger partial charge in [-0.1, -0.05) is 46.0 Å². The van der Waals surface area contributed by atoms with Crippen LogP contribution in [-0.4, -0.2) is 0 Å². The maximum absolute atomic E-state index is 3.39. The molecule has 0 nitrogen and oxygen atoms in total. The molecule has 0 aliphatic rings. The lowest BCUT2D eigenvalue weighted by Gasteiger charge is -2.22. The fourth-order valence-corrected chi connectivity index (χ4v) is 1.07. The molecule has 0 saturated heterocycles. The summed E-state index contributed by atoms with van der Waals surface area (Å²) in [5.74, 6) is 7.35. The molecule has 0 radical (unpaired) electrons. The van der Waals surface area contributed by atoms with E-state index in [1.807, 2.05) is 0 Å². The summed E-state index contributed by atoms with van der Waals surface area (Å²) in [5, 5.41) is 0. The molecular formula is C14H26. The summed E-state index contributed by atoms with van der Waals surface area (Å²) in [5.41, 5.74) is 0.185. The lowest BCUT2D eigenvalue weighted by Crippen LogP contribution is -2.16. The first-order valence-electron chi connectivity index (χ1n) is 6.00. The molecule has 0 spiro atoms. The highest BCUT2D eigenvalue weighted by molar-refractivity contribution is 5.09. The van der Waals surface area contributed by atoms with E-state index in [0.29, 0.717) is 5.92 Å². The fourth-order valence-electron chi connectivity index (χ4n) is 1.07. The lowest BCUT2D eigenvalue weighted by atomic mass is 9.82. The molecule has 0 N–H and O–H groups in total. The Kier molecular flexibility index (Phi) is 6.71. The van der Waals surface area contributed by atoms with E-state index >= 15 is 0 Å². The topological polar surface area (TPSA) is 0 Å². The van der Waals surface area contributed by atoms with E-state index in [0.717, 1.165) is 6.42 Å². The Morgan fingerprint density at radius 3 is 2.21 bits per heavy atom. The third-order valence-electron chi connectivity index (χ3n) is 3.01. The number of hydrogen-bond donors (Lipinski definition) is 0. The minimum Gasteiger partial charge on any atom is -0.103 e. The van der Waals surface area contributed by atoms with Gasteiger partial charge in [0.1, 0.15) is 0 Å². The van der Waals surface area contributed by atoms with Crippen LogP contribution in [-0.2, 0) is 0 Å². The molecule has 0 unspecified atom stereocenters. The van der Waals surface area contributed by atoms with Crippen molar-refractivity contribution in [3.8, 4) is 11.8 Å². The van der Waals surface area contributed by atoms with Crippen LogP contribution >= 0.6 is 0 Å². The van der Waals surface area contributed by atoms with E-state index in [1.165, 1.54) is 25.7 Å². The van der Waals surface area contributed by atoms with E-state index in [9.17, 15) is 0 Å². The summed E-state index contributed by atoms with van der Waals surface area (Å²) in [6, 6.07) is 0. The van der Waals surface area contributed by atoms with Crippen molar-refractivity contribution >= 4 is 0 Å². The average Bonchev–Trinajstić information content (AvgIpc) is 2.10. The number of unbranched alkanes of at least 4 members (excludes halogenated alkanes) is 4. The van der Waals surface area contributed by atoms with Crippen molar-refractivity contribution in [2.24, 2.45) is 11.3 Å². The maximum atomic E-state index is 3.39. The third kappa shape index (κ3) is 6.08. The molecule has 0 rings (SSSR count). The molecule has 0 bridgehead atoms. The van der Waals surface area contributed by atoms with Gasteiger partial charge in [-0.05, 0) is 26.2 Å². The van der Waals surface area contributed by atoms with E-state index in [4.69, 9.17) is 0 Å². The van der Waals surface area contributed by atoms with Crippen molar-refractivity contribution in [1.82, 2.24) is 0 Å². The first-order chi connectivity index (χ1) is 6.50. The minimum atomic E-state index is 0.185. The molecule has 0 aromatic heterocycles. The molecule has 0 aromatic rings. The fraction of sp³-hybridized carbons (Fsp3) is 0.857. The van der Waals surface area contributed by atoms with Crippen LogP contribution in [0, 0.1) is 23.2 Å². The van der Waals surface area contributed by atoms with E-state index in [-0.39, 0.29) is 5.41 Å². The summed E-state index contributed by atoms with van der Waals surface area (Å²) in [6.45, 7) is 11.2. The summed E-state index contributed by atoms with van der Waals surface area (Å²) < 4.78 is 0. The Morgan fingerprint density at radius 2 is 1.71 bits per heavy atom. The molecule has 0 aliphatic heterocycles. The second-order valence-corrected chi connectivity index (χ2v) is 4.99. The van der Waals surface area contributed by atoms with Gasteiger partial charge in [-0.3, -0.25) is 0 Å². The minimum absolute atomic E-state index is 0.185. The van der Waals surface area contributed by atoms with Gasteiger partial charge in [0.2, 0.25) is 0 Å². The third-order valence-corrected chi connectivity index (χ3v) is 3.01. The Hall–Kier alpha value is -0.440. The first kappa shape index (κ1) is 13.6. The summed E-state index contributed by atoms with van der Waals surface area (Å²) in [7, 11) is 0. The lowest BCUT2D eigenvalue weighted by molar-refractivity contribution is 0.349. The van der Waals surface area contributed by atoms with Gasteiger partial charge in [0.25, 0.3) is 0 Å². The Morgan fingerprint density at radius 1 is 1.07 bits per heavy atom. The van der Waals surface area contributed by atoms with Crippen molar-refractivity contribution in [1.29, 1.82) is 0 Å². The second-order valence-electron chi connectivity index (χ2n) is 4.99. The molecule has 0 aromatic carbocycles. The maximum Gasteiger partial charge on any atom is 0.0281 e. The SMILES string of the molecule is CCCCCCC#CC(C)(C)C(C)C. The van der Waals surface area contributed by atoms with Gasteiger partial charge in [-0.2, -0.15) is 0 Å². The Bertz CT molecular complexity index is 188. The van der Waals surface area contributed by atoms with Crippen LogP contribution in [0.1, 0.15) is 66.7 Å². The molecule has 0 heterocycles. The smallest absolute Gasteiger partial charge is 0.0281 e. The van der Waals surface area contributed by atoms with Crippen molar-refractivity contribution in [3.05, 3.63) is 0 Å². The van der Waals surface area contributed by atoms with Crippen LogP contribution in [0.5, 0.6) is 0 Å². The molecule has 0 amide bonds. The van der Waals surface area contributed by atoms with Crippen molar-refractivity contribution in [2.45, 2.75) is 66.7 Å². The molecule has 0 atom stereocenters. The normalized spacial score (nSPS) is 11.3. The molecule has 0 aliphatic carbocycles. The highest BCUT2D eigenvalue weighted by Crippen LogP contribution is 2.24. The zero-order valence-corrected chi connectivity index (χ0v) is 10.6. The standard InChI is InChI=1S/C14H26/c1-6-7-8-9-10-11-12-14(4,5)13(2)3/h13H,6-10H2,1-5H3. The number of hydrogen-bond acceptors (Lipinski definition) is 0. The summed E-state index contributed by atoms with van der Waals surface area (Å²) in [6.07, 6.45) is 6.36. The molecule has 82 valence electrons. The molecule has 0 heteroatoms. The summed E-state index contributed by atoms with van der Waals surface area (Å²) >= 11 is 0. The van der Waals surface area contributed by atoms with Gasteiger partial charge in [0, 0.05) is 11.8 Å². The van der Waals surface area contributed by atoms with E-state index < -0.39 is 0 Å². The predicted molar refractivity (Wildman–Crippen MR) is 65.2 cm³/mol. The monoisotopic (exact) mass is 194 g/mol. The Balaban J connectivity index is 3.71. The Labute approximate surface area is 90.5 Å². The molecule has 0 saturated carbocycles. The number of rotatable bonds is 5. The molecule has 0 fully saturated rings. The highest BCUT2D eigenvalue weighted by Gasteiger charge is 2.18. The van der Waals surface area contributed by atoms with Crippen LogP contribution in [0.15, 0.2) is 0 Å². The van der Waals surface area contributed by atoms with Gasteiger partial charge in [0.05, 0.1) is 0 Å². The second kappa shape index (κ2) is 6.93. The zero-order valence-electron chi connectivity index (χ0n) is 10.6. The summed E-state index contributed by atoms with van der Waals surface area (Å²) in [4.78, 5) is 0. The van der Waals surface area contributed by atoms with Crippen LogP contribution in [0.25, 0.3) is 0 Å². The van der Waals surface area contributed by atoms with E-state index in [2.05, 4.69) is 46.5 Å². The first-order valence-corrected chi connectivity index (χ1v) is 6.00. The van der Waals surface area contributed by atoms with Crippen LogP contribution in [0.3, 0.4) is 0 Å². The molecule has 14 heavy (non-hydrogen) atoms. The van der Waals surface area contributed by atoms with E-state index in [1.54, 1.807) is 0 Å². The van der Waals surface area contributed by atoms with Crippen molar-refractivity contribution < 1.29 is 0 Å². The van der Waals surface area contributed by atoms with Crippen LogP contribution < -0.4 is 0 Å². The quantitative estimate of drug-likeness (QED) is 0.442. The van der Waals surface area contributed by atoms with Crippen molar-refractivity contribution in [2.75, 3.05) is 0 Å². The average molecular weight is 194 g/mol. The van der Waals surface area contributed by atoms with Crippen LogP contribution in [0.2, 0.25) is 0 Å².